The third-order valence-electron chi connectivity index (χ3n) is 4.36. The Labute approximate surface area is 170 Å². The molecule has 0 amide bonds. The van der Waals surface area contributed by atoms with Crippen molar-refractivity contribution in [3.05, 3.63) is 88.4 Å². The number of para-hydroxylation sites is 1. The van der Waals surface area contributed by atoms with Crippen LogP contribution < -0.4 is 5.56 Å². The molecule has 0 fully saturated rings. The minimum absolute atomic E-state index is 0.123. The molecule has 0 radical (unpaired) electrons. The molecule has 0 aliphatic rings. The van der Waals surface area contributed by atoms with E-state index in [4.69, 9.17) is 9.15 Å². The Hall–Kier alpha value is -3.39. The van der Waals surface area contributed by atoms with E-state index < -0.39 is 5.97 Å². The van der Waals surface area contributed by atoms with Crippen LogP contribution in [0.5, 0.6) is 0 Å². The van der Waals surface area contributed by atoms with Gasteiger partial charge in [0, 0.05) is 23.7 Å². The van der Waals surface area contributed by atoms with Crippen LogP contribution in [0.3, 0.4) is 0 Å². The Kier molecular flexibility index (Phi) is 5.44. The van der Waals surface area contributed by atoms with Gasteiger partial charge < -0.3 is 9.15 Å². The molecule has 0 saturated carbocycles. The smallest absolute Gasteiger partial charge is 0.374 e. The molecule has 0 unspecified atom stereocenters. The van der Waals surface area contributed by atoms with Gasteiger partial charge >= 0.3 is 5.97 Å². The maximum atomic E-state index is 13.1. The van der Waals surface area contributed by atoms with Crippen molar-refractivity contribution in [2.45, 2.75) is 17.5 Å². The van der Waals surface area contributed by atoms with Crippen molar-refractivity contribution < 1.29 is 13.9 Å². The predicted octanol–water partition coefficient (Wildman–Crippen LogP) is 3.51. The summed E-state index contributed by atoms with van der Waals surface area (Å²) < 4.78 is 11.6. The Morgan fingerprint density at radius 1 is 1.21 bits per heavy atom. The van der Waals surface area contributed by atoms with Crippen molar-refractivity contribution in [1.82, 2.24) is 14.5 Å². The number of esters is 1. The SMILES string of the molecule is COC(=O)c1occc1CSc1nc2ccccc2c(=O)n1Cc1cccnc1. The second kappa shape index (κ2) is 8.32. The zero-order valence-electron chi connectivity index (χ0n) is 15.6. The standard InChI is InChI=1S/C21H17N3O4S/c1-27-20(26)18-15(8-10-28-18)13-29-21-23-17-7-3-2-6-16(17)19(25)24(21)12-14-5-4-9-22-11-14/h2-11H,12-13H2,1H3. The molecular formula is C21H17N3O4S. The van der Waals surface area contributed by atoms with Crippen LogP contribution in [0.15, 0.2) is 75.5 Å². The number of hydrogen-bond donors (Lipinski definition) is 0. The van der Waals surface area contributed by atoms with E-state index in [1.165, 1.54) is 25.1 Å². The first-order chi connectivity index (χ1) is 14.2. The number of aromatic nitrogens is 3. The molecule has 1 aromatic carbocycles. The summed E-state index contributed by atoms with van der Waals surface area (Å²) in [6.07, 6.45) is 4.86. The van der Waals surface area contributed by atoms with E-state index >= 15 is 0 Å². The summed E-state index contributed by atoms with van der Waals surface area (Å²) in [7, 11) is 1.30. The Bertz CT molecular complexity index is 1220. The number of methoxy groups -OCH3 is 1. The van der Waals surface area contributed by atoms with E-state index in [1.54, 1.807) is 29.1 Å². The van der Waals surface area contributed by atoms with Crippen molar-refractivity contribution in [3.63, 3.8) is 0 Å². The van der Waals surface area contributed by atoms with Crippen LogP contribution in [-0.2, 0) is 17.0 Å². The molecule has 146 valence electrons. The van der Waals surface area contributed by atoms with Gasteiger partial charge in [-0.2, -0.15) is 0 Å². The van der Waals surface area contributed by atoms with Gasteiger partial charge in [0.2, 0.25) is 5.76 Å². The van der Waals surface area contributed by atoms with Gasteiger partial charge in [0.15, 0.2) is 5.16 Å². The number of pyridine rings is 1. The fourth-order valence-corrected chi connectivity index (χ4v) is 3.91. The first-order valence-electron chi connectivity index (χ1n) is 8.83. The van der Waals surface area contributed by atoms with E-state index in [2.05, 4.69) is 9.97 Å². The lowest BCUT2D eigenvalue weighted by Crippen LogP contribution is -2.24. The Morgan fingerprint density at radius 2 is 2.07 bits per heavy atom. The lowest BCUT2D eigenvalue weighted by Gasteiger charge is -2.13. The number of carbonyl (C=O) groups is 1. The summed E-state index contributed by atoms with van der Waals surface area (Å²) in [6.45, 7) is 0.349. The van der Waals surface area contributed by atoms with Gasteiger partial charge in [-0.15, -0.1) is 0 Å². The summed E-state index contributed by atoms with van der Waals surface area (Å²) in [5.74, 6) is 0.0189. The average molecular weight is 407 g/mol. The van der Waals surface area contributed by atoms with E-state index in [0.717, 1.165) is 5.56 Å². The first-order valence-corrected chi connectivity index (χ1v) is 9.82. The van der Waals surface area contributed by atoms with Crippen LogP contribution in [0.1, 0.15) is 21.7 Å². The number of rotatable bonds is 6. The van der Waals surface area contributed by atoms with Crippen LogP contribution in [0.25, 0.3) is 10.9 Å². The lowest BCUT2D eigenvalue weighted by molar-refractivity contribution is 0.0564. The molecule has 0 N–H and O–H groups in total. The van der Waals surface area contributed by atoms with Gasteiger partial charge in [0.25, 0.3) is 5.56 Å². The lowest BCUT2D eigenvalue weighted by atomic mass is 10.2. The maximum Gasteiger partial charge on any atom is 0.374 e. The number of thioether (sulfide) groups is 1. The van der Waals surface area contributed by atoms with Crippen LogP contribution >= 0.6 is 11.8 Å². The molecule has 0 aliphatic heterocycles. The first kappa shape index (κ1) is 18.9. The molecule has 0 saturated heterocycles. The minimum atomic E-state index is -0.537. The predicted molar refractivity (Wildman–Crippen MR) is 109 cm³/mol. The van der Waals surface area contributed by atoms with Gasteiger partial charge in [-0.05, 0) is 29.8 Å². The number of carbonyl (C=O) groups excluding carboxylic acids is 1. The average Bonchev–Trinajstić information content (AvgIpc) is 3.23. The molecule has 0 bridgehead atoms. The Morgan fingerprint density at radius 3 is 2.86 bits per heavy atom. The normalized spacial score (nSPS) is 10.9. The van der Waals surface area contributed by atoms with E-state index in [1.807, 2.05) is 30.3 Å². The van der Waals surface area contributed by atoms with Crippen molar-refractivity contribution >= 4 is 28.6 Å². The highest BCUT2D eigenvalue weighted by atomic mass is 32.2. The molecule has 4 rings (SSSR count). The largest absolute Gasteiger partial charge is 0.463 e. The minimum Gasteiger partial charge on any atom is -0.463 e. The van der Waals surface area contributed by atoms with Gasteiger partial charge in [-0.3, -0.25) is 14.3 Å². The van der Waals surface area contributed by atoms with E-state index in [0.29, 0.717) is 33.9 Å². The summed E-state index contributed by atoms with van der Waals surface area (Å²) in [5, 5.41) is 1.11. The van der Waals surface area contributed by atoms with Crippen molar-refractivity contribution in [2.75, 3.05) is 7.11 Å². The summed E-state index contributed by atoms with van der Waals surface area (Å²) >= 11 is 1.36. The fourth-order valence-electron chi connectivity index (χ4n) is 2.93. The molecule has 4 aromatic rings. The summed E-state index contributed by atoms with van der Waals surface area (Å²) in [4.78, 5) is 33.8. The zero-order chi connectivity index (χ0) is 20.2. The van der Waals surface area contributed by atoms with Crippen molar-refractivity contribution in [2.24, 2.45) is 0 Å². The molecule has 0 spiro atoms. The molecule has 29 heavy (non-hydrogen) atoms. The van der Waals surface area contributed by atoms with Crippen LogP contribution in [0.2, 0.25) is 0 Å². The monoisotopic (exact) mass is 407 g/mol. The molecule has 0 aliphatic carbocycles. The number of fused-ring (bicyclic) bond motifs is 1. The summed E-state index contributed by atoms with van der Waals surface area (Å²) in [5.41, 5.74) is 2.08. The number of furan rings is 1. The van der Waals surface area contributed by atoms with Crippen molar-refractivity contribution in [1.29, 1.82) is 0 Å². The number of hydrogen-bond acceptors (Lipinski definition) is 7. The van der Waals surface area contributed by atoms with Gasteiger partial charge in [0.05, 0.1) is 30.8 Å². The highest BCUT2D eigenvalue weighted by molar-refractivity contribution is 7.98. The van der Waals surface area contributed by atoms with Crippen molar-refractivity contribution in [3.8, 4) is 0 Å². The van der Waals surface area contributed by atoms with Gasteiger partial charge in [-0.1, -0.05) is 30.0 Å². The molecular weight excluding hydrogens is 390 g/mol. The second-order valence-electron chi connectivity index (χ2n) is 6.22. The second-order valence-corrected chi connectivity index (χ2v) is 7.16. The number of nitrogens with zero attached hydrogens (tertiary/aromatic N) is 3. The summed E-state index contributed by atoms with van der Waals surface area (Å²) in [6, 6.07) is 12.7. The molecule has 3 aromatic heterocycles. The van der Waals surface area contributed by atoms with E-state index in [9.17, 15) is 9.59 Å². The quantitative estimate of drug-likeness (QED) is 0.275. The topological polar surface area (TPSA) is 87.2 Å². The van der Waals surface area contributed by atoms with Crippen LogP contribution in [0.4, 0.5) is 0 Å². The Balaban J connectivity index is 1.72. The molecule has 3 heterocycles. The van der Waals surface area contributed by atoms with E-state index in [-0.39, 0.29) is 11.3 Å². The third kappa shape index (κ3) is 3.93. The van der Waals surface area contributed by atoms with Gasteiger partial charge in [0.1, 0.15) is 0 Å². The third-order valence-corrected chi connectivity index (χ3v) is 5.39. The highest BCUT2D eigenvalue weighted by Crippen LogP contribution is 2.25. The molecule has 0 atom stereocenters. The molecule has 8 heteroatoms. The maximum absolute atomic E-state index is 13.1. The number of benzene rings is 1. The van der Waals surface area contributed by atoms with Crippen LogP contribution in [-0.4, -0.2) is 27.6 Å². The zero-order valence-corrected chi connectivity index (χ0v) is 16.4. The van der Waals surface area contributed by atoms with Gasteiger partial charge in [-0.25, -0.2) is 9.78 Å². The number of ether oxygens (including phenoxy) is 1. The fraction of sp³-hybridized carbons (Fsp3) is 0.143. The van der Waals surface area contributed by atoms with Crippen LogP contribution in [0, 0.1) is 0 Å². The molecule has 7 nitrogen and oxygen atoms in total. The highest BCUT2D eigenvalue weighted by Gasteiger charge is 2.18.